The maximum absolute atomic E-state index is 2.94. The van der Waals surface area contributed by atoms with Gasteiger partial charge in [0.2, 0.25) is 0 Å². The molecule has 1 aliphatic rings. The number of halogens is 1. The van der Waals surface area contributed by atoms with Crippen LogP contribution in [0.15, 0.2) is 0 Å². The molecular formula is C6H14BrN. The fourth-order valence-corrected chi connectivity index (χ4v) is 0.875. The predicted octanol–water partition coefficient (Wildman–Crippen LogP) is 1.72. The molecule has 0 atom stereocenters. The Morgan fingerprint density at radius 1 is 1.12 bits per heavy atom. The van der Waals surface area contributed by atoms with Crippen LogP contribution in [0.2, 0.25) is 0 Å². The number of likely N-dealkylation sites (tertiary alicyclic amines) is 1. The molecule has 2 heteroatoms. The first-order valence-electron chi connectivity index (χ1n) is 2.96. The number of hydrogen-bond acceptors (Lipinski definition) is 1. The van der Waals surface area contributed by atoms with Crippen LogP contribution in [-0.2, 0) is 0 Å². The third kappa shape index (κ3) is 3.44. The molecule has 0 spiro atoms. The van der Waals surface area contributed by atoms with E-state index in [4.69, 9.17) is 0 Å². The third-order valence-electron chi connectivity index (χ3n) is 1.33. The van der Waals surface area contributed by atoms with E-state index in [2.05, 4.69) is 27.9 Å². The van der Waals surface area contributed by atoms with E-state index >= 15 is 0 Å². The molecule has 1 fully saturated rings. The van der Waals surface area contributed by atoms with Crippen molar-refractivity contribution in [2.24, 2.45) is 0 Å². The van der Waals surface area contributed by atoms with Gasteiger partial charge in [-0.15, -0.1) is 0 Å². The van der Waals surface area contributed by atoms with E-state index < -0.39 is 0 Å². The lowest BCUT2D eigenvalue weighted by Gasteiger charge is -2.01. The summed E-state index contributed by atoms with van der Waals surface area (Å²) in [5.41, 5.74) is 0. The zero-order valence-electron chi connectivity index (χ0n) is 5.65. The molecule has 0 aliphatic carbocycles. The highest BCUT2D eigenvalue weighted by atomic mass is 79.9. The van der Waals surface area contributed by atoms with Gasteiger partial charge in [0.1, 0.15) is 0 Å². The minimum Gasteiger partial charge on any atom is -0.306 e. The molecule has 1 nitrogen and oxygen atoms in total. The summed E-state index contributed by atoms with van der Waals surface area (Å²) in [6, 6.07) is 0. The quantitative estimate of drug-likeness (QED) is 0.513. The maximum Gasteiger partial charge on any atom is -0.00213 e. The third-order valence-corrected chi connectivity index (χ3v) is 1.33. The summed E-state index contributed by atoms with van der Waals surface area (Å²) in [7, 11) is 2.17. The van der Waals surface area contributed by atoms with Crippen LogP contribution in [0.25, 0.3) is 0 Å². The Labute approximate surface area is 60.2 Å². The van der Waals surface area contributed by atoms with Crippen molar-refractivity contribution in [1.82, 2.24) is 4.90 Å². The maximum atomic E-state index is 2.94. The van der Waals surface area contributed by atoms with E-state index in [0.29, 0.717) is 0 Å². The van der Waals surface area contributed by atoms with Crippen LogP contribution in [0.1, 0.15) is 12.8 Å². The van der Waals surface area contributed by atoms with Crippen molar-refractivity contribution in [3.63, 3.8) is 0 Å². The van der Waals surface area contributed by atoms with Gasteiger partial charge in [0.15, 0.2) is 0 Å². The summed E-state index contributed by atoms with van der Waals surface area (Å²) in [6.45, 7) is 2.64. The highest BCUT2D eigenvalue weighted by molar-refractivity contribution is 9.08. The van der Waals surface area contributed by atoms with E-state index in [9.17, 15) is 0 Å². The molecule has 1 heterocycles. The van der Waals surface area contributed by atoms with Gasteiger partial charge in [0, 0.05) is 0 Å². The zero-order chi connectivity index (χ0) is 6.41. The van der Waals surface area contributed by atoms with Gasteiger partial charge in [-0.05, 0) is 38.8 Å². The average molecular weight is 180 g/mol. The first-order valence-corrected chi connectivity index (χ1v) is 4.54. The van der Waals surface area contributed by atoms with Crippen LogP contribution in [0, 0.1) is 0 Å². The van der Waals surface area contributed by atoms with Crippen molar-refractivity contribution in [3.8, 4) is 0 Å². The number of hydrogen-bond donors (Lipinski definition) is 0. The van der Waals surface area contributed by atoms with Crippen molar-refractivity contribution >= 4 is 15.9 Å². The van der Waals surface area contributed by atoms with Gasteiger partial charge < -0.3 is 4.90 Å². The molecular weight excluding hydrogens is 166 g/mol. The van der Waals surface area contributed by atoms with E-state index in [1.165, 1.54) is 25.9 Å². The minimum atomic E-state index is 1.32. The molecule has 50 valence electrons. The van der Waals surface area contributed by atoms with Gasteiger partial charge in [0.25, 0.3) is 0 Å². The van der Waals surface area contributed by atoms with Gasteiger partial charge in [-0.3, -0.25) is 0 Å². The van der Waals surface area contributed by atoms with Crippen LogP contribution >= 0.6 is 15.9 Å². The van der Waals surface area contributed by atoms with Crippen molar-refractivity contribution in [1.29, 1.82) is 0 Å². The van der Waals surface area contributed by atoms with E-state index in [-0.39, 0.29) is 0 Å². The van der Waals surface area contributed by atoms with Crippen LogP contribution in [0.5, 0.6) is 0 Å². The molecule has 0 amide bonds. The minimum absolute atomic E-state index is 1.32. The average Bonchev–Trinajstić information content (AvgIpc) is 2.24. The van der Waals surface area contributed by atoms with Crippen LogP contribution in [0.4, 0.5) is 0 Å². The Kier molecular flexibility index (Phi) is 5.88. The Hall–Kier alpha value is 0.440. The molecule has 0 aromatic heterocycles. The van der Waals surface area contributed by atoms with Gasteiger partial charge in [-0.2, -0.15) is 0 Å². The van der Waals surface area contributed by atoms with Gasteiger partial charge in [0.05, 0.1) is 0 Å². The van der Waals surface area contributed by atoms with Gasteiger partial charge >= 0.3 is 0 Å². The predicted molar refractivity (Wildman–Crippen MR) is 41.6 cm³/mol. The molecule has 1 saturated heterocycles. The largest absolute Gasteiger partial charge is 0.306 e. The molecule has 1 aliphatic heterocycles. The number of rotatable bonds is 0. The monoisotopic (exact) mass is 179 g/mol. The van der Waals surface area contributed by atoms with Crippen LogP contribution < -0.4 is 0 Å². The fourth-order valence-electron chi connectivity index (χ4n) is 0.875. The molecule has 0 radical (unpaired) electrons. The smallest absolute Gasteiger partial charge is 0.00213 e. The summed E-state index contributed by atoms with van der Waals surface area (Å²) < 4.78 is 0. The first kappa shape index (κ1) is 8.44. The van der Waals surface area contributed by atoms with Gasteiger partial charge in [-0.25, -0.2) is 0 Å². The molecule has 0 saturated carbocycles. The van der Waals surface area contributed by atoms with Crippen LogP contribution in [-0.4, -0.2) is 30.9 Å². The van der Waals surface area contributed by atoms with Crippen molar-refractivity contribution < 1.29 is 0 Å². The summed E-state index contributed by atoms with van der Waals surface area (Å²) in [5.74, 6) is 1.81. The Morgan fingerprint density at radius 3 is 1.62 bits per heavy atom. The van der Waals surface area contributed by atoms with Crippen molar-refractivity contribution in [2.45, 2.75) is 12.8 Å². The highest BCUT2D eigenvalue weighted by Crippen LogP contribution is 2.01. The summed E-state index contributed by atoms with van der Waals surface area (Å²) in [5, 5.41) is 0. The molecule has 0 unspecified atom stereocenters. The van der Waals surface area contributed by atoms with E-state index in [0.717, 1.165) is 0 Å². The molecule has 1 rings (SSSR count). The first-order chi connectivity index (χ1) is 3.89. The second kappa shape index (κ2) is 5.57. The van der Waals surface area contributed by atoms with Crippen LogP contribution in [0.3, 0.4) is 0 Å². The van der Waals surface area contributed by atoms with Gasteiger partial charge in [-0.1, -0.05) is 15.9 Å². The zero-order valence-corrected chi connectivity index (χ0v) is 7.24. The Balaban J connectivity index is 0.000000222. The Bertz CT molecular complexity index is 41.8. The topological polar surface area (TPSA) is 3.24 Å². The normalized spacial score (nSPS) is 19.9. The molecule has 0 bridgehead atoms. The lowest BCUT2D eigenvalue weighted by atomic mass is 10.4. The van der Waals surface area contributed by atoms with Crippen molar-refractivity contribution in [3.05, 3.63) is 0 Å². The lowest BCUT2D eigenvalue weighted by Crippen LogP contribution is -2.10. The summed E-state index contributed by atoms with van der Waals surface area (Å²) in [6.07, 6.45) is 2.83. The SMILES string of the molecule is CBr.CN1CCCC1. The van der Waals surface area contributed by atoms with E-state index in [1.807, 2.05) is 5.83 Å². The number of alkyl halides is 1. The Morgan fingerprint density at radius 2 is 1.50 bits per heavy atom. The molecule has 0 aromatic carbocycles. The fraction of sp³-hybridized carbons (Fsp3) is 1.00. The van der Waals surface area contributed by atoms with Crippen molar-refractivity contribution in [2.75, 3.05) is 26.0 Å². The number of nitrogens with zero attached hydrogens (tertiary/aromatic N) is 1. The second-order valence-electron chi connectivity index (χ2n) is 2.01. The lowest BCUT2D eigenvalue weighted by molar-refractivity contribution is 0.418. The highest BCUT2D eigenvalue weighted by Gasteiger charge is 2.03. The summed E-state index contributed by atoms with van der Waals surface area (Å²) >= 11 is 2.94. The molecule has 0 N–H and O–H groups in total. The molecule has 0 aromatic rings. The standard InChI is InChI=1S/C5H11N.CH3Br/c1-6-4-2-3-5-6;1-2/h2-5H2,1H3;1H3. The second-order valence-corrected chi connectivity index (χ2v) is 2.01. The van der Waals surface area contributed by atoms with E-state index in [1.54, 1.807) is 0 Å². The summed E-state index contributed by atoms with van der Waals surface area (Å²) in [4.78, 5) is 2.36. The molecule has 8 heavy (non-hydrogen) atoms.